The summed E-state index contributed by atoms with van der Waals surface area (Å²) in [5.41, 5.74) is 6.46. The first-order valence-electron chi connectivity index (χ1n) is 5.54. The molecule has 2 N–H and O–H groups in total. The molecule has 0 saturated carbocycles. The largest absolute Gasteiger partial charge is 0.457 e. The zero-order chi connectivity index (χ0) is 13.1. The Hall–Kier alpha value is -1.39. The molecule has 0 bridgehead atoms. The normalized spacial score (nSPS) is 12.2. The maximum absolute atomic E-state index is 13.2. The fourth-order valence-electron chi connectivity index (χ4n) is 1.63. The third-order valence-electron chi connectivity index (χ3n) is 2.49. The lowest BCUT2D eigenvalue weighted by Crippen LogP contribution is -2.07. The number of halogens is 2. The van der Waals surface area contributed by atoms with Gasteiger partial charge in [-0.2, -0.15) is 0 Å². The van der Waals surface area contributed by atoms with E-state index in [1.165, 1.54) is 12.1 Å². The van der Waals surface area contributed by atoms with Crippen molar-refractivity contribution >= 4 is 15.9 Å². The predicted molar refractivity (Wildman–Crippen MR) is 73.2 cm³/mol. The number of rotatable bonds is 3. The highest BCUT2D eigenvalue weighted by atomic mass is 79.9. The van der Waals surface area contributed by atoms with Crippen molar-refractivity contribution < 1.29 is 9.13 Å². The van der Waals surface area contributed by atoms with Crippen molar-refractivity contribution in [3.05, 3.63) is 58.3 Å². The van der Waals surface area contributed by atoms with E-state index in [1.807, 2.05) is 24.3 Å². The van der Waals surface area contributed by atoms with Crippen LogP contribution < -0.4 is 10.5 Å². The van der Waals surface area contributed by atoms with Crippen LogP contribution in [0, 0.1) is 5.82 Å². The number of hydrogen-bond acceptors (Lipinski definition) is 2. The molecule has 1 unspecified atom stereocenters. The van der Waals surface area contributed by atoms with Gasteiger partial charge in [0.1, 0.15) is 17.3 Å². The summed E-state index contributed by atoms with van der Waals surface area (Å²) >= 11 is 3.37. The van der Waals surface area contributed by atoms with Crippen molar-refractivity contribution in [3.63, 3.8) is 0 Å². The highest BCUT2D eigenvalue weighted by Gasteiger charge is 2.10. The minimum Gasteiger partial charge on any atom is -0.457 e. The van der Waals surface area contributed by atoms with Crippen LogP contribution in [0.1, 0.15) is 18.5 Å². The Morgan fingerprint density at radius 2 is 2.00 bits per heavy atom. The first kappa shape index (κ1) is 13.1. The molecule has 2 aromatic rings. The zero-order valence-electron chi connectivity index (χ0n) is 9.86. The Balaban J connectivity index is 2.34. The van der Waals surface area contributed by atoms with Crippen LogP contribution in [0.25, 0.3) is 0 Å². The van der Waals surface area contributed by atoms with Crippen LogP contribution in [0.2, 0.25) is 0 Å². The Morgan fingerprint density at radius 3 is 2.67 bits per heavy atom. The maximum Gasteiger partial charge on any atom is 0.132 e. The van der Waals surface area contributed by atoms with Crippen molar-refractivity contribution in [2.45, 2.75) is 13.0 Å². The first-order valence-corrected chi connectivity index (χ1v) is 6.34. The SMILES string of the molecule is CC(N)c1cc(F)ccc1Oc1cccc(Br)c1. The van der Waals surface area contributed by atoms with Gasteiger partial charge in [-0.25, -0.2) is 4.39 Å². The van der Waals surface area contributed by atoms with Crippen molar-refractivity contribution in [2.75, 3.05) is 0 Å². The van der Waals surface area contributed by atoms with Gasteiger partial charge in [-0.1, -0.05) is 22.0 Å². The summed E-state index contributed by atoms with van der Waals surface area (Å²) in [7, 11) is 0. The average molecular weight is 310 g/mol. The molecule has 0 aliphatic heterocycles. The van der Waals surface area contributed by atoms with Crippen LogP contribution in [-0.2, 0) is 0 Å². The highest BCUT2D eigenvalue weighted by Crippen LogP contribution is 2.30. The number of ether oxygens (including phenoxy) is 1. The van der Waals surface area contributed by atoms with Gasteiger partial charge in [0.05, 0.1) is 0 Å². The second-order valence-corrected chi connectivity index (χ2v) is 4.95. The molecule has 1 atom stereocenters. The van der Waals surface area contributed by atoms with E-state index in [0.717, 1.165) is 4.47 Å². The van der Waals surface area contributed by atoms with Crippen molar-refractivity contribution in [1.82, 2.24) is 0 Å². The van der Waals surface area contributed by atoms with Crippen molar-refractivity contribution in [2.24, 2.45) is 5.73 Å². The topological polar surface area (TPSA) is 35.2 Å². The smallest absolute Gasteiger partial charge is 0.132 e. The van der Waals surface area contributed by atoms with Crippen LogP contribution in [0.5, 0.6) is 11.5 Å². The number of benzene rings is 2. The van der Waals surface area contributed by atoms with E-state index in [0.29, 0.717) is 17.1 Å². The molecule has 0 radical (unpaired) electrons. The zero-order valence-corrected chi connectivity index (χ0v) is 11.4. The van der Waals surface area contributed by atoms with Crippen LogP contribution in [0.4, 0.5) is 4.39 Å². The lowest BCUT2D eigenvalue weighted by molar-refractivity contribution is 0.469. The quantitative estimate of drug-likeness (QED) is 0.912. The van der Waals surface area contributed by atoms with Crippen LogP contribution >= 0.6 is 15.9 Å². The fraction of sp³-hybridized carbons (Fsp3) is 0.143. The Morgan fingerprint density at radius 1 is 1.22 bits per heavy atom. The standard InChI is InChI=1S/C14H13BrFNO/c1-9(17)13-8-11(16)5-6-14(13)18-12-4-2-3-10(15)7-12/h2-9H,17H2,1H3. The van der Waals surface area contributed by atoms with Crippen molar-refractivity contribution in [1.29, 1.82) is 0 Å². The molecule has 2 aromatic carbocycles. The van der Waals surface area contributed by atoms with E-state index in [4.69, 9.17) is 10.5 Å². The van der Waals surface area contributed by atoms with E-state index >= 15 is 0 Å². The number of nitrogens with two attached hydrogens (primary N) is 1. The van der Waals surface area contributed by atoms with Gasteiger partial charge in [-0.15, -0.1) is 0 Å². The van der Waals surface area contributed by atoms with Crippen LogP contribution in [0.15, 0.2) is 46.9 Å². The van der Waals surface area contributed by atoms with Crippen molar-refractivity contribution in [3.8, 4) is 11.5 Å². The monoisotopic (exact) mass is 309 g/mol. The summed E-state index contributed by atoms with van der Waals surface area (Å²) in [5, 5.41) is 0. The van der Waals surface area contributed by atoms with E-state index in [2.05, 4.69) is 15.9 Å². The summed E-state index contributed by atoms with van der Waals surface area (Å²) in [4.78, 5) is 0. The van der Waals surface area contributed by atoms with Crippen LogP contribution in [-0.4, -0.2) is 0 Å². The molecule has 4 heteroatoms. The maximum atomic E-state index is 13.2. The van der Waals surface area contributed by atoms with E-state index < -0.39 is 0 Å². The predicted octanol–water partition coefficient (Wildman–Crippen LogP) is 4.40. The fourth-order valence-corrected chi connectivity index (χ4v) is 2.00. The van der Waals surface area contributed by atoms with Gasteiger partial charge in [-0.05, 0) is 43.3 Å². The molecule has 0 saturated heterocycles. The van der Waals surface area contributed by atoms with Gasteiger partial charge in [-0.3, -0.25) is 0 Å². The van der Waals surface area contributed by atoms with E-state index in [-0.39, 0.29) is 11.9 Å². The summed E-state index contributed by atoms with van der Waals surface area (Å²) in [5.74, 6) is 0.936. The summed E-state index contributed by atoms with van der Waals surface area (Å²) in [6.07, 6.45) is 0. The molecule has 0 spiro atoms. The van der Waals surface area contributed by atoms with E-state index in [1.54, 1.807) is 13.0 Å². The average Bonchev–Trinajstić information content (AvgIpc) is 2.31. The van der Waals surface area contributed by atoms with Gasteiger partial charge >= 0.3 is 0 Å². The summed E-state index contributed by atoms with van der Waals surface area (Å²) in [6, 6.07) is 11.5. The third-order valence-corrected chi connectivity index (χ3v) is 2.98. The number of hydrogen-bond donors (Lipinski definition) is 1. The minimum atomic E-state index is -0.316. The second kappa shape index (κ2) is 5.50. The first-order chi connectivity index (χ1) is 8.56. The van der Waals surface area contributed by atoms with Gasteiger partial charge in [0, 0.05) is 16.1 Å². The molecule has 0 heterocycles. The van der Waals surface area contributed by atoms with E-state index in [9.17, 15) is 4.39 Å². The Labute approximate surface area is 114 Å². The lowest BCUT2D eigenvalue weighted by atomic mass is 10.1. The highest BCUT2D eigenvalue weighted by molar-refractivity contribution is 9.10. The molecule has 0 amide bonds. The molecule has 0 aromatic heterocycles. The Bertz CT molecular complexity index is 557. The van der Waals surface area contributed by atoms with Crippen LogP contribution in [0.3, 0.4) is 0 Å². The third kappa shape index (κ3) is 3.09. The molecular formula is C14H13BrFNO. The van der Waals surface area contributed by atoms with Gasteiger partial charge in [0.25, 0.3) is 0 Å². The lowest BCUT2D eigenvalue weighted by Gasteiger charge is -2.14. The van der Waals surface area contributed by atoms with Gasteiger partial charge < -0.3 is 10.5 Å². The van der Waals surface area contributed by atoms with Gasteiger partial charge in [0.15, 0.2) is 0 Å². The summed E-state index contributed by atoms with van der Waals surface area (Å²) in [6.45, 7) is 1.79. The second-order valence-electron chi connectivity index (χ2n) is 4.03. The molecule has 18 heavy (non-hydrogen) atoms. The molecule has 2 rings (SSSR count). The molecule has 0 aliphatic carbocycles. The Kier molecular flexibility index (Phi) is 3.99. The molecule has 0 fully saturated rings. The van der Waals surface area contributed by atoms with Gasteiger partial charge in [0.2, 0.25) is 0 Å². The molecule has 94 valence electrons. The molecular weight excluding hydrogens is 297 g/mol. The molecule has 2 nitrogen and oxygen atoms in total. The minimum absolute atomic E-state index is 0.289. The summed E-state index contributed by atoms with van der Waals surface area (Å²) < 4.78 is 19.8. The molecule has 0 aliphatic rings.